The van der Waals surface area contributed by atoms with Crippen LogP contribution < -0.4 is 9.47 Å². The number of rotatable bonds is 11. The van der Waals surface area contributed by atoms with Crippen LogP contribution in [0.2, 0.25) is 0 Å². The zero-order chi connectivity index (χ0) is 34.7. The third-order valence-electron chi connectivity index (χ3n) is 8.98. The Morgan fingerprint density at radius 1 is 0.804 bits per heavy atom. The molecule has 46 heavy (non-hydrogen) atoms. The van der Waals surface area contributed by atoms with Crippen LogP contribution in [0.4, 0.5) is 0 Å². The predicted molar refractivity (Wildman–Crippen MR) is 172 cm³/mol. The van der Waals surface area contributed by atoms with E-state index in [1.807, 2.05) is 0 Å². The van der Waals surface area contributed by atoms with E-state index in [0.29, 0.717) is 28.0 Å². The number of hydrogen-bond donors (Lipinski definition) is 5. The molecule has 0 amide bonds. The molecule has 2 aliphatic rings. The summed E-state index contributed by atoms with van der Waals surface area (Å²) in [5.41, 5.74) is 1.93. The molecular weight excluding hydrogens is 596 g/mol. The fourth-order valence-corrected chi connectivity index (χ4v) is 5.64. The maximum Gasteiger partial charge on any atom is 0.303 e. The van der Waals surface area contributed by atoms with Gasteiger partial charge in [0.1, 0.15) is 0 Å². The smallest absolute Gasteiger partial charge is 0.303 e. The Bertz CT molecular complexity index is 1370. The van der Waals surface area contributed by atoms with Crippen LogP contribution in [0.1, 0.15) is 70.4 Å². The van der Waals surface area contributed by atoms with Crippen LogP contribution >= 0.6 is 0 Å². The molecule has 0 heterocycles. The monoisotopic (exact) mass is 640 g/mol. The number of phenols is 2. The second-order valence-electron chi connectivity index (χ2n) is 12.1. The molecule has 0 aromatic heterocycles. The highest BCUT2D eigenvalue weighted by atomic mass is 16.5. The number of aliphatic hydroxyl groups excluding tert-OH is 1. The molecule has 2 saturated carbocycles. The van der Waals surface area contributed by atoms with E-state index in [0.717, 1.165) is 12.3 Å². The number of ketones is 2. The number of carboxylic acids is 2. The zero-order valence-corrected chi connectivity index (χ0v) is 26.9. The van der Waals surface area contributed by atoms with Gasteiger partial charge in [-0.15, -0.1) is 0 Å². The summed E-state index contributed by atoms with van der Waals surface area (Å²) in [6.45, 7) is 6.90. The third kappa shape index (κ3) is 10.2. The molecule has 5 N–H and O–H groups in total. The van der Waals surface area contributed by atoms with E-state index in [1.165, 1.54) is 51.3 Å². The first kappa shape index (κ1) is 37.5. The number of aliphatic carboxylic acids is 2. The summed E-state index contributed by atoms with van der Waals surface area (Å²) in [7, 11) is 2.87. The van der Waals surface area contributed by atoms with E-state index in [-0.39, 0.29) is 53.8 Å². The second kappa shape index (κ2) is 16.6. The summed E-state index contributed by atoms with van der Waals surface area (Å²) in [4.78, 5) is 43.1. The van der Waals surface area contributed by atoms with Crippen LogP contribution in [-0.4, -0.2) is 69.4 Å². The molecule has 2 aliphatic carbocycles. The molecule has 11 nitrogen and oxygen atoms in total. The van der Waals surface area contributed by atoms with Crippen LogP contribution in [0.25, 0.3) is 12.2 Å². The Hall–Kier alpha value is -4.64. The van der Waals surface area contributed by atoms with Gasteiger partial charge in [0.05, 0.1) is 39.6 Å². The van der Waals surface area contributed by atoms with Crippen molar-refractivity contribution in [2.24, 2.45) is 16.7 Å². The number of phenolic OH excluding ortho intramolecular Hbond substituents is 2. The summed E-state index contributed by atoms with van der Waals surface area (Å²) in [5, 5.41) is 44.7. The summed E-state index contributed by atoms with van der Waals surface area (Å²) in [6.07, 6.45) is 8.43. The fourth-order valence-electron chi connectivity index (χ4n) is 5.64. The van der Waals surface area contributed by atoms with Crippen molar-refractivity contribution in [2.75, 3.05) is 14.2 Å². The first-order valence-electron chi connectivity index (χ1n) is 14.8. The highest BCUT2D eigenvalue weighted by Crippen LogP contribution is 2.65. The molecule has 3 atom stereocenters. The van der Waals surface area contributed by atoms with Crippen molar-refractivity contribution in [1.29, 1.82) is 0 Å². The summed E-state index contributed by atoms with van der Waals surface area (Å²) in [5.74, 6) is -1.46. The van der Waals surface area contributed by atoms with Crippen molar-refractivity contribution in [3.05, 3.63) is 59.7 Å². The van der Waals surface area contributed by atoms with Gasteiger partial charge in [-0.3, -0.25) is 19.2 Å². The number of carboxylic acid groups (broad SMARTS) is 2. The largest absolute Gasteiger partial charge is 0.504 e. The minimum atomic E-state index is -1.08. The SMILES string of the molecule is CC1(C)C2CCC1(C)C(O)C2.COc1cc(/C=C/C(=O)CC(=O)/C=C/c2ccc(O)c(OC)c2)ccc1O.O=C(O)CCC(=O)O. The molecule has 2 bridgehead atoms. The normalized spacial score (nSPS) is 20.7. The van der Waals surface area contributed by atoms with Gasteiger partial charge in [-0.05, 0) is 83.6 Å². The molecule has 3 unspecified atom stereocenters. The van der Waals surface area contributed by atoms with Crippen LogP contribution in [-0.2, 0) is 19.2 Å². The molecule has 2 fully saturated rings. The molecule has 250 valence electrons. The summed E-state index contributed by atoms with van der Waals surface area (Å²) in [6, 6.07) is 9.34. The van der Waals surface area contributed by atoms with Gasteiger partial charge >= 0.3 is 11.9 Å². The lowest BCUT2D eigenvalue weighted by molar-refractivity contribution is -0.143. The Labute approximate surface area is 268 Å². The first-order valence-corrected chi connectivity index (χ1v) is 14.8. The van der Waals surface area contributed by atoms with Crippen LogP contribution in [0.5, 0.6) is 23.0 Å². The van der Waals surface area contributed by atoms with E-state index in [2.05, 4.69) is 20.8 Å². The van der Waals surface area contributed by atoms with Gasteiger partial charge in [0.15, 0.2) is 34.6 Å². The number of allylic oxidation sites excluding steroid dienone is 2. The quantitative estimate of drug-likeness (QED) is 0.154. The maximum atomic E-state index is 11.9. The van der Waals surface area contributed by atoms with Crippen LogP contribution in [0, 0.1) is 16.7 Å². The second-order valence-corrected chi connectivity index (χ2v) is 12.1. The van der Waals surface area contributed by atoms with Gasteiger partial charge in [0, 0.05) is 0 Å². The molecule has 0 aliphatic heterocycles. The lowest BCUT2D eigenvalue weighted by Crippen LogP contribution is -2.35. The molecule has 2 aromatic rings. The van der Waals surface area contributed by atoms with Crippen LogP contribution in [0.15, 0.2) is 48.6 Å². The van der Waals surface area contributed by atoms with Gasteiger partial charge in [0.25, 0.3) is 0 Å². The molecule has 0 radical (unpaired) electrons. The van der Waals surface area contributed by atoms with Crippen LogP contribution in [0.3, 0.4) is 0 Å². The van der Waals surface area contributed by atoms with Crippen molar-refractivity contribution in [3.63, 3.8) is 0 Å². The predicted octanol–water partition coefficient (Wildman–Crippen LogP) is 5.50. The zero-order valence-electron chi connectivity index (χ0n) is 26.9. The average molecular weight is 641 g/mol. The summed E-state index contributed by atoms with van der Waals surface area (Å²) < 4.78 is 10.00. The van der Waals surface area contributed by atoms with E-state index in [4.69, 9.17) is 19.7 Å². The minimum Gasteiger partial charge on any atom is -0.504 e. The number of benzene rings is 2. The van der Waals surface area contributed by atoms with Gasteiger partial charge in [-0.1, -0.05) is 45.1 Å². The number of carbonyl (C=O) groups is 4. The highest BCUT2D eigenvalue weighted by molar-refractivity contribution is 6.10. The van der Waals surface area contributed by atoms with Crippen molar-refractivity contribution in [2.45, 2.75) is 65.4 Å². The van der Waals surface area contributed by atoms with Crippen molar-refractivity contribution < 1.29 is 54.2 Å². The Morgan fingerprint density at radius 2 is 1.24 bits per heavy atom. The molecule has 4 rings (SSSR count). The average Bonchev–Trinajstić information content (AvgIpc) is 3.33. The number of ether oxygens (including phenoxy) is 2. The van der Waals surface area contributed by atoms with Gasteiger partial charge in [0.2, 0.25) is 0 Å². The number of aromatic hydroxyl groups is 2. The minimum absolute atomic E-state index is 0.00662. The molecular formula is C35H44O11. The molecule has 2 aromatic carbocycles. The highest BCUT2D eigenvalue weighted by Gasteiger charge is 2.60. The number of methoxy groups -OCH3 is 2. The standard InChI is InChI=1S/C21H20O6.C10H18O.C4H6O4/c1-26-20-11-14(5-9-18(20)24)3-7-16(22)13-17(23)8-4-15-6-10-19(25)21(12-15)27-2;1-9(2)7-4-5-10(9,3)8(11)6-7;5-3(6)1-2-4(7)8/h3-12,24-25H,13H2,1-2H3;7-8,11H,4-6H2,1-3H3;1-2H2,(H,5,6)(H,7,8)/b7-3+,8-4+;;. The lowest BCUT2D eigenvalue weighted by atomic mass is 9.70. The van der Waals surface area contributed by atoms with Gasteiger partial charge in [-0.25, -0.2) is 0 Å². The number of carbonyl (C=O) groups excluding carboxylic acids is 2. The summed E-state index contributed by atoms with van der Waals surface area (Å²) >= 11 is 0. The molecule has 0 saturated heterocycles. The van der Waals surface area contributed by atoms with Crippen molar-refractivity contribution in [3.8, 4) is 23.0 Å². The number of aliphatic hydroxyl groups is 1. The van der Waals surface area contributed by atoms with Crippen molar-refractivity contribution in [1.82, 2.24) is 0 Å². The number of fused-ring (bicyclic) bond motifs is 2. The van der Waals surface area contributed by atoms with E-state index in [9.17, 15) is 34.5 Å². The topological polar surface area (TPSA) is 188 Å². The van der Waals surface area contributed by atoms with E-state index < -0.39 is 11.9 Å². The van der Waals surface area contributed by atoms with E-state index in [1.54, 1.807) is 36.4 Å². The Morgan fingerprint density at radius 3 is 1.52 bits per heavy atom. The van der Waals surface area contributed by atoms with Gasteiger partial charge < -0.3 is 35.0 Å². The van der Waals surface area contributed by atoms with Crippen molar-refractivity contribution >= 4 is 35.7 Å². The molecule has 11 heteroatoms. The lowest BCUT2D eigenvalue weighted by Gasteiger charge is -2.36. The van der Waals surface area contributed by atoms with Gasteiger partial charge in [-0.2, -0.15) is 0 Å². The van der Waals surface area contributed by atoms with E-state index >= 15 is 0 Å². The third-order valence-corrected chi connectivity index (χ3v) is 8.98. The fraction of sp³-hybridized carbons (Fsp3) is 0.429. The first-order chi connectivity index (χ1) is 21.5. The Kier molecular flexibility index (Phi) is 13.6. The maximum absolute atomic E-state index is 11.9. The Balaban J connectivity index is 0.000000313. The molecule has 0 spiro atoms. The number of hydrogen-bond acceptors (Lipinski definition) is 9.